The molecule has 0 aliphatic heterocycles. The highest BCUT2D eigenvalue weighted by molar-refractivity contribution is 5.59. The standard InChI is InChI=1S/C12H13NO3/c1-15-9-16-12-5-4-10(8-13)7-11(12)3-2-6-14/h2-5,7,14H,6,9H2,1H3/b3-2+. The van der Waals surface area contributed by atoms with Gasteiger partial charge in [0.15, 0.2) is 6.79 Å². The highest BCUT2D eigenvalue weighted by atomic mass is 16.7. The summed E-state index contributed by atoms with van der Waals surface area (Å²) in [5, 5.41) is 17.5. The van der Waals surface area contributed by atoms with Crippen molar-refractivity contribution >= 4 is 6.08 Å². The van der Waals surface area contributed by atoms with Gasteiger partial charge in [0.2, 0.25) is 0 Å². The van der Waals surface area contributed by atoms with E-state index in [-0.39, 0.29) is 13.4 Å². The molecule has 0 unspecified atom stereocenters. The van der Waals surface area contributed by atoms with E-state index < -0.39 is 0 Å². The molecule has 1 rings (SSSR count). The van der Waals surface area contributed by atoms with Crippen LogP contribution in [0.4, 0.5) is 0 Å². The van der Waals surface area contributed by atoms with E-state index in [9.17, 15) is 0 Å². The molecule has 0 saturated carbocycles. The summed E-state index contributed by atoms with van der Waals surface area (Å²) in [4.78, 5) is 0. The van der Waals surface area contributed by atoms with Gasteiger partial charge in [0.25, 0.3) is 0 Å². The molecule has 0 amide bonds. The van der Waals surface area contributed by atoms with Crippen LogP contribution in [0.2, 0.25) is 0 Å². The second-order valence-corrected chi connectivity index (χ2v) is 3.00. The SMILES string of the molecule is COCOc1ccc(C#N)cc1/C=C/CO. The minimum atomic E-state index is -0.0551. The van der Waals surface area contributed by atoms with Crippen molar-refractivity contribution in [3.05, 3.63) is 35.4 Å². The average molecular weight is 219 g/mol. The molecule has 0 bridgehead atoms. The Bertz CT molecular complexity index is 407. The second kappa shape index (κ2) is 6.62. The molecule has 0 aliphatic carbocycles. The van der Waals surface area contributed by atoms with Crippen LogP contribution in [0.25, 0.3) is 6.08 Å². The minimum absolute atomic E-state index is 0.0551. The Morgan fingerprint density at radius 3 is 2.94 bits per heavy atom. The third-order valence-corrected chi connectivity index (χ3v) is 1.87. The van der Waals surface area contributed by atoms with E-state index in [1.807, 2.05) is 6.07 Å². The number of nitrogens with zero attached hydrogens (tertiary/aromatic N) is 1. The van der Waals surface area contributed by atoms with Crippen LogP contribution in [0, 0.1) is 11.3 Å². The number of benzene rings is 1. The first-order valence-electron chi connectivity index (χ1n) is 4.75. The maximum atomic E-state index is 8.77. The zero-order chi connectivity index (χ0) is 11.8. The van der Waals surface area contributed by atoms with Crippen LogP contribution in [0.3, 0.4) is 0 Å². The molecule has 0 saturated heterocycles. The second-order valence-electron chi connectivity index (χ2n) is 3.00. The van der Waals surface area contributed by atoms with Crippen molar-refractivity contribution in [3.63, 3.8) is 0 Å². The lowest BCUT2D eigenvalue weighted by Gasteiger charge is -2.08. The summed E-state index contributed by atoms with van der Waals surface area (Å²) in [6.45, 7) is 0.0896. The minimum Gasteiger partial charge on any atom is -0.467 e. The highest BCUT2D eigenvalue weighted by Crippen LogP contribution is 2.21. The van der Waals surface area contributed by atoms with E-state index in [2.05, 4.69) is 0 Å². The van der Waals surface area contributed by atoms with Gasteiger partial charge in [0.05, 0.1) is 18.2 Å². The van der Waals surface area contributed by atoms with Crippen LogP contribution >= 0.6 is 0 Å². The van der Waals surface area contributed by atoms with E-state index in [4.69, 9.17) is 19.8 Å². The molecular formula is C12H13NO3. The van der Waals surface area contributed by atoms with Gasteiger partial charge in [-0.05, 0) is 18.2 Å². The number of methoxy groups -OCH3 is 1. The van der Waals surface area contributed by atoms with Crippen molar-refractivity contribution < 1.29 is 14.6 Å². The maximum Gasteiger partial charge on any atom is 0.188 e. The third-order valence-electron chi connectivity index (χ3n) is 1.87. The van der Waals surface area contributed by atoms with Gasteiger partial charge < -0.3 is 14.6 Å². The van der Waals surface area contributed by atoms with Crippen LogP contribution in [0.5, 0.6) is 5.75 Å². The fourth-order valence-corrected chi connectivity index (χ4v) is 1.18. The van der Waals surface area contributed by atoms with Gasteiger partial charge in [0.1, 0.15) is 5.75 Å². The highest BCUT2D eigenvalue weighted by Gasteiger charge is 2.02. The van der Waals surface area contributed by atoms with Crippen LogP contribution in [0.1, 0.15) is 11.1 Å². The number of aliphatic hydroxyl groups excluding tert-OH is 1. The number of aliphatic hydroxyl groups is 1. The lowest BCUT2D eigenvalue weighted by atomic mass is 10.1. The zero-order valence-electron chi connectivity index (χ0n) is 9.01. The van der Waals surface area contributed by atoms with Crippen molar-refractivity contribution in [2.45, 2.75) is 0 Å². The van der Waals surface area contributed by atoms with Crippen molar-refractivity contribution in [1.29, 1.82) is 5.26 Å². The largest absolute Gasteiger partial charge is 0.467 e. The Morgan fingerprint density at radius 2 is 2.31 bits per heavy atom. The van der Waals surface area contributed by atoms with Gasteiger partial charge in [-0.1, -0.05) is 12.2 Å². The van der Waals surface area contributed by atoms with Gasteiger partial charge in [-0.3, -0.25) is 0 Å². The topological polar surface area (TPSA) is 62.5 Å². The molecule has 1 aromatic rings. The summed E-state index contributed by atoms with van der Waals surface area (Å²) in [5.41, 5.74) is 1.28. The van der Waals surface area contributed by atoms with E-state index in [0.717, 1.165) is 5.56 Å². The summed E-state index contributed by atoms with van der Waals surface area (Å²) in [6, 6.07) is 7.11. The van der Waals surface area contributed by atoms with Gasteiger partial charge in [-0.15, -0.1) is 0 Å². The molecule has 0 radical (unpaired) electrons. The molecule has 16 heavy (non-hydrogen) atoms. The van der Waals surface area contributed by atoms with Gasteiger partial charge >= 0.3 is 0 Å². The van der Waals surface area contributed by atoms with Crippen LogP contribution in [-0.4, -0.2) is 25.6 Å². The number of ether oxygens (including phenoxy) is 2. The third kappa shape index (κ3) is 3.39. The molecule has 0 fully saturated rings. The summed E-state index contributed by atoms with van der Waals surface area (Å²) >= 11 is 0. The normalized spacial score (nSPS) is 10.3. The Balaban J connectivity index is 2.97. The number of nitriles is 1. The van der Waals surface area contributed by atoms with Gasteiger partial charge in [0, 0.05) is 12.7 Å². The van der Waals surface area contributed by atoms with Crippen LogP contribution < -0.4 is 4.74 Å². The number of rotatable bonds is 5. The Morgan fingerprint density at radius 1 is 1.50 bits per heavy atom. The molecular weight excluding hydrogens is 206 g/mol. The summed E-state index contributed by atoms with van der Waals surface area (Å²) in [7, 11) is 1.53. The predicted molar refractivity (Wildman–Crippen MR) is 59.8 cm³/mol. The Labute approximate surface area is 94.3 Å². The predicted octanol–water partition coefficient (Wildman–Crippen LogP) is 1.55. The Kier molecular flexibility index (Phi) is 5.06. The van der Waals surface area contributed by atoms with Crippen molar-refractivity contribution in [1.82, 2.24) is 0 Å². The molecule has 4 heteroatoms. The van der Waals surface area contributed by atoms with Crippen LogP contribution in [0.15, 0.2) is 24.3 Å². The first-order chi connectivity index (χ1) is 7.81. The number of hydrogen-bond donors (Lipinski definition) is 1. The monoisotopic (exact) mass is 219 g/mol. The average Bonchev–Trinajstić information content (AvgIpc) is 2.34. The van der Waals surface area contributed by atoms with Crippen molar-refractivity contribution in [3.8, 4) is 11.8 Å². The molecule has 0 heterocycles. The zero-order valence-corrected chi connectivity index (χ0v) is 9.01. The molecule has 0 atom stereocenters. The molecule has 1 N–H and O–H groups in total. The molecule has 0 aliphatic rings. The summed E-state index contributed by atoms with van der Waals surface area (Å²) < 4.78 is 10.1. The first-order valence-corrected chi connectivity index (χ1v) is 4.75. The quantitative estimate of drug-likeness (QED) is 0.763. The number of hydrogen-bond acceptors (Lipinski definition) is 4. The molecule has 1 aromatic carbocycles. The van der Waals surface area contributed by atoms with E-state index >= 15 is 0 Å². The maximum absolute atomic E-state index is 8.77. The fraction of sp³-hybridized carbons (Fsp3) is 0.250. The smallest absolute Gasteiger partial charge is 0.188 e. The summed E-state index contributed by atoms with van der Waals surface area (Å²) in [6.07, 6.45) is 3.28. The Hall–Kier alpha value is -1.83. The van der Waals surface area contributed by atoms with Crippen LogP contribution in [-0.2, 0) is 4.74 Å². The van der Waals surface area contributed by atoms with Crippen molar-refractivity contribution in [2.24, 2.45) is 0 Å². The van der Waals surface area contributed by atoms with Gasteiger partial charge in [-0.2, -0.15) is 5.26 Å². The molecule has 0 spiro atoms. The van der Waals surface area contributed by atoms with Gasteiger partial charge in [-0.25, -0.2) is 0 Å². The van der Waals surface area contributed by atoms with E-state index in [1.54, 1.807) is 30.4 Å². The van der Waals surface area contributed by atoms with E-state index in [1.165, 1.54) is 7.11 Å². The lowest BCUT2D eigenvalue weighted by molar-refractivity contribution is 0.0509. The van der Waals surface area contributed by atoms with E-state index in [0.29, 0.717) is 11.3 Å². The lowest BCUT2D eigenvalue weighted by Crippen LogP contribution is -2.00. The molecule has 84 valence electrons. The summed E-state index contributed by atoms with van der Waals surface area (Å²) in [5.74, 6) is 0.616. The molecule has 4 nitrogen and oxygen atoms in total. The van der Waals surface area contributed by atoms with Crippen molar-refractivity contribution in [2.75, 3.05) is 20.5 Å². The molecule has 0 aromatic heterocycles. The fourth-order valence-electron chi connectivity index (χ4n) is 1.18. The first kappa shape index (κ1) is 12.2.